The van der Waals surface area contributed by atoms with Crippen LogP contribution < -0.4 is 0 Å². The Morgan fingerprint density at radius 2 is 1.60 bits per heavy atom. The second-order valence-corrected chi connectivity index (χ2v) is 5.35. The van der Waals surface area contributed by atoms with Crippen molar-refractivity contribution >= 4 is 11.9 Å². The second-order valence-electron chi connectivity index (χ2n) is 5.35. The first-order valence-electron chi connectivity index (χ1n) is 8.05. The maximum Gasteiger partial charge on any atom is 0.328 e. The second kappa shape index (κ2) is 8.37. The third-order valence-corrected chi connectivity index (χ3v) is 3.76. The summed E-state index contributed by atoms with van der Waals surface area (Å²) in [5, 5.41) is 0. The van der Waals surface area contributed by atoms with E-state index in [0.29, 0.717) is 11.3 Å². The van der Waals surface area contributed by atoms with Crippen LogP contribution in [0.15, 0.2) is 48.7 Å². The Balaban J connectivity index is 2.61. The van der Waals surface area contributed by atoms with Gasteiger partial charge in [0.25, 0.3) is 0 Å². The van der Waals surface area contributed by atoms with Gasteiger partial charge in [0.2, 0.25) is 0 Å². The number of esters is 2. The van der Waals surface area contributed by atoms with Crippen molar-refractivity contribution in [2.24, 2.45) is 0 Å². The van der Waals surface area contributed by atoms with Gasteiger partial charge in [-0.1, -0.05) is 18.2 Å². The molecule has 1 aromatic carbocycles. The Morgan fingerprint density at radius 3 is 2.08 bits per heavy atom. The molecule has 6 heteroatoms. The Hall–Kier alpha value is -2.76. The number of halogens is 1. The van der Waals surface area contributed by atoms with Gasteiger partial charge in [-0.25, -0.2) is 4.39 Å². The maximum atomic E-state index is 13.4. The number of hydrogen-bond acceptors (Lipinski definition) is 5. The molecule has 0 fully saturated rings. The lowest BCUT2D eigenvalue weighted by molar-refractivity contribution is -0.165. The van der Waals surface area contributed by atoms with E-state index in [1.54, 1.807) is 38.2 Å². The molecule has 0 saturated heterocycles. The van der Waals surface area contributed by atoms with E-state index < -0.39 is 23.2 Å². The molecule has 0 aliphatic rings. The molecule has 2 aromatic rings. The molecule has 0 saturated carbocycles. The minimum Gasteiger partial charge on any atom is -0.465 e. The van der Waals surface area contributed by atoms with Crippen LogP contribution in [-0.2, 0) is 30.9 Å². The van der Waals surface area contributed by atoms with E-state index in [-0.39, 0.29) is 19.6 Å². The summed E-state index contributed by atoms with van der Waals surface area (Å²) in [7, 11) is 0. The Labute approximate surface area is 145 Å². The zero-order chi connectivity index (χ0) is 18.3. The number of carbonyl (C=O) groups is 2. The van der Waals surface area contributed by atoms with Crippen LogP contribution in [0.25, 0.3) is 0 Å². The predicted octanol–water partition coefficient (Wildman–Crippen LogP) is 2.83. The third-order valence-electron chi connectivity index (χ3n) is 3.76. The number of ether oxygens (including phenoxy) is 2. The van der Waals surface area contributed by atoms with Gasteiger partial charge in [-0.3, -0.25) is 14.6 Å². The highest BCUT2D eigenvalue weighted by Crippen LogP contribution is 2.32. The minimum absolute atomic E-state index is 0.0445. The molecule has 2 rings (SSSR count). The predicted molar refractivity (Wildman–Crippen MR) is 89.3 cm³/mol. The van der Waals surface area contributed by atoms with Crippen LogP contribution >= 0.6 is 0 Å². The highest BCUT2D eigenvalue weighted by atomic mass is 19.1. The molecule has 0 aliphatic carbocycles. The average molecular weight is 345 g/mol. The molecule has 0 spiro atoms. The number of benzene rings is 1. The van der Waals surface area contributed by atoms with E-state index >= 15 is 0 Å². The normalized spacial score (nSPS) is 11.0. The summed E-state index contributed by atoms with van der Waals surface area (Å²) in [6.07, 6.45) is 1.53. The SMILES string of the molecule is CCOC(=O)C(Cc1ccccn1)(C(=O)OCC)c1ccc(F)cc1. The van der Waals surface area contributed by atoms with Crippen molar-refractivity contribution in [3.63, 3.8) is 0 Å². The lowest BCUT2D eigenvalue weighted by Gasteiger charge is -2.29. The molecule has 0 radical (unpaired) electrons. The molecule has 0 atom stereocenters. The molecular weight excluding hydrogens is 325 g/mol. The molecule has 5 nitrogen and oxygen atoms in total. The van der Waals surface area contributed by atoms with E-state index in [4.69, 9.17) is 9.47 Å². The van der Waals surface area contributed by atoms with E-state index in [0.717, 1.165) is 0 Å². The first-order valence-corrected chi connectivity index (χ1v) is 8.05. The van der Waals surface area contributed by atoms with Gasteiger partial charge in [0.15, 0.2) is 5.41 Å². The molecule has 25 heavy (non-hydrogen) atoms. The van der Waals surface area contributed by atoms with Crippen LogP contribution in [0.2, 0.25) is 0 Å². The summed E-state index contributed by atoms with van der Waals surface area (Å²) < 4.78 is 23.7. The fraction of sp³-hybridized carbons (Fsp3) is 0.316. The van der Waals surface area contributed by atoms with Crippen LogP contribution in [0.5, 0.6) is 0 Å². The summed E-state index contributed by atoms with van der Waals surface area (Å²) in [4.78, 5) is 29.9. The molecular formula is C19H20FNO4. The van der Waals surface area contributed by atoms with Gasteiger partial charge in [-0.05, 0) is 43.7 Å². The van der Waals surface area contributed by atoms with Crippen LogP contribution in [-0.4, -0.2) is 30.1 Å². The quantitative estimate of drug-likeness (QED) is 0.570. The molecule has 1 heterocycles. The number of hydrogen-bond donors (Lipinski definition) is 0. The fourth-order valence-corrected chi connectivity index (χ4v) is 2.58. The first kappa shape index (κ1) is 18.6. The summed E-state index contributed by atoms with van der Waals surface area (Å²) in [6.45, 7) is 3.51. The molecule has 0 unspecified atom stereocenters. The highest BCUT2D eigenvalue weighted by Gasteiger charge is 2.51. The van der Waals surface area contributed by atoms with Crippen molar-refractivity contribution in [2.75, 3.05) is 13.2 Å². The van der Waals surface area contributed by atoms with Gasteiger partial charge in [0.1, 0.15) is 5.82 Å². The smallest absolute Gasteiger partial charge is 0.328 e. The van der Waals surface area contributed by atoms with E-state index in [1.807, 2.05) is 0 Å². The third kappa shape index (κ3) is 4.02. The Bertz CT molecular complexity index is 698. The molecule has 0 N–H and O–H groups in total. The van der Waals surface area contributed by atoms with Crippen LogP contribution in [0.3, 0.4) is 0 Å². The number of rotatable bonds is 7. The summed E-state index contributed by atoms with van der Waals surface area (Å²) in [5.41, 5.74) is -0.918. The van der Waals surface area contributed by atoms with Crippen LogP contribution in [0, 0.1) is 5.82 Å². The lowest BCUT2D eigenvalue weighted by atomic mass is 9.76. The van der Waals surface area contributed by atoms with Crippen molar-refractivity contribution in [3.8, 4) is 0 Å². The van der Waals surface area contributed by atoms with Crippen molar-refractivity contribution in [2.45, 2.75) is 25.7 Å². The topological polar surface area (TPSA) is 65.5 Å². The van der Waals surface area contributed by atoms with Crippen LogP contribution in [0.4, 0.5) is 4.39 Å². The minimum atomic E-state index is -1.74. The van der Waals surface area contributed by atoms with Gasteiger partial charge < -0.3 is 9.47 Å². The Kier molecular flexibility index (Phi) is 6.22. The highest BCUT2D eigenvalue weighted by molar-refractivity contribution is 6.06. The maximum absolute atomic E-state index is 13.4. The molecule has 0 bridgehead atoms. The molecule has 0 aliphatic heterocycles. The van der Waals surface area contributed by atoms with E-state index in [1.165, 1.54) is 24.3 Å². The largest absolute Gasteiger partial charge is 0.465 e. The van der Waals surface area contributed by atoms with Gasteiger partial charge in [0, 0.05) is 18.3 Å². The number of pyridine rings is 1. The van der Waals surface area contributed by atoms with E-state index in [2.05, 4.69) is 4.98 Å². The number of carbonyl (C=O) groups excluding carboxylic acids is 2. The van der Waals surface area contributed by atoms with Gasteiger partial charge in [-0.2, -0.15) is 0 Å². The number of nitrogens with zero attached hydrogens (tertiary/aromatic N) is 1. The van der Waals surface area contributed by atoms with Gasteiger partial charge in [0.05, 0.1) is 13.2 Å². The summed E-state index contributed by atoms with van der Waals surface area (Å²) in [6, 6.07) is 10.4. The summed E-state index contributed by atoms with van der Waals surface area (Å²) >= 11 is 0. The average Bonchev–Trinajstić information content (AvgIpc) is 2.61. The first-order chi connectivity index (χ1) is 12.0. The fourth-order valence-electron chi connectivity index (χ4n) is 2.58. The Morgan fingerprint density at radius 1 is 1.00 bits per heavy atom. The molecule has 1 aromatic heterocycles. The monoisotopic (exact) mass is 345 g/mol. The number of aromatic nitrogens is 1. The van der Waals surface area contributed by atoms with Gasteiger partial charge in [-0.15, -0.1) is 0 Å². The molecule has 0 amide bonds. The van der Waals surface area contributed by atoms with Crippen molar-refractivity contribution < 1.29 is 23.5 Å². The zero-order valence-electron chi connectivity index (χ0n) is 14.2. The van der Waals surface area contributed by atoms with Crippen LogP contribution in [0.1, 0.15) is 25.1 Å². The lowest BCUT2D eigenvalue weighted by Crippen LogP contribution is -2.48. The zero-order valence-corrected chi connectivity index (χ0v) is 14.2. The summed E-state index contributed by atoms with van der Waals surface area (Å²) in [5.74, 6) is -1.96. The standard InChI is InChI=1S/C19H20FNO4/c1-3-24-17(22)19(18(23)25-4-2,13-16-7-5-6-12-21-16)14-8-10-15(20)11-9-14/h5-12H,3-4,13H2,1-2H3. The van der Waals surface area contributed by atoms with Crippen molar-refractivity contribution in [1.82, 2.24) is 4.98 Å². The van der Waals surface area contributed by atoms with Crippen molar-refractivity contribution in [1.29, 1.82) is 0 Å². The van der Waals surface area contributed by atoms with Crippen molar-refractivity contribution in [3.05, 3.63) is 65.7 Å². The molecule has 132 valence electrons. The van der Waals surface area contributed by atoms with Gasteiger partial charge >= 0.3 is 11.9 Å². The van der Waals surface area contributed by atoms with E-state index in [9.17, 15) is 14.0 Å².